The summed E-state index contributed by atoms with van der Waals surface area (Å²) >= 11 is 6.21. The van der Waals surface area contributed by atoms with Crippen LogP contribution in [-0.2, 0) is 12.1 Å². The molecule has 0 aliphatic heterocycles. The standard InChI is InChI=1S/C33H28ClN3O2/c34-27-21-19-26(20-22-27)32(38)33(23-9-12-24-10-2-1-3-11-24,37-30-17-7-6-16-29(30)35-36-37)39-31-18-8-14-25-13-4-5-15-28(25)31/h1-8,10-11,13-22,32,38H,9,12,23H2. The number of aryl methyl sites for hydroxylation is 1. The maximum atomic E-state index is 12.2. The summed E-state index contributed by atoms with van der Waals surface area (Å²) in [7, 11) is 0. The maximum Gasteiger partial charge on any atom is 0.233 e. The van der Waals surface area contributed by atoms with E-state index < -0.39 is 11.8 Å². The van der Waals surface area contributed by atoms with Crippen molar-refractivity contribution in [1.82, 2.24) is 15.0 Å². The van der Waals surface area contributed by atoms with Gasteiger partial charge in [0.05, 0.1) is 5.52 Å². The van der Waals surface area contributed by atoms with Gasteiger partial charge < -0.3 is 9.84 Å². The molecule has 2 atom stereocenters. The Morgan fingerprint density at radius 3 is 2.36 bits per heavy atom. The molecule has 0 aliphatic rings. The third-order valence-corrected chi connectivity index (χ3v) is 7.45. The number of aromatic nitrogens is 3. The Hall–Kier alpha value is -4.19. The van der Waals surface area contributed by atoms with Crippen LogP contribution in [0, 0.1) is 0 Å². The van der Waals surface area contributed by atoms with Crippen molar-refractivity contribution in [3.05, 3.63) is 137 Å². The lowest BCUT2D eigenvalue weighted by Crippen LogP contribution is -2.46. The Balaban J connectivity index is 1.53. The number of aliphatic hydroxyl groups excluding tert-OH is 1. The lowest BCUT2D eigenvalue weighted by Gasteiger charge is -2.39. The SMILES string of the molecule is OC(c1ccc(Cl)cc1)C(CCCc1ccccc1)(Oc1cccc2ccccc12)n1nnc2ccccc21. The largest absolute Gasteiger partial charge is 0.462 e. The molecule has 1 N–H and O–H groups in total. The first kappa shape index (κ1) is 25.1. The monoisotopic (exact) mass is 533 g/mol. The molecule has 5 aromatic carbocycles. The molecule has 6 rings (SSSR count). The molecule has 0 radical (unpaired) electrons. The van der Waals surface area contributed by atoms with Crippen LogP contribution in [0.3, 0.4) is 0 Å². The van der Waals surface area contributed by atoms with E-state index in [4.69, 9.17) is 16.3 Å². The van der Waals surface area contributed by atoms with Gasteiger partial charge in [0.15, 0.2) is 0 Å². The van der Waals surface area contributed by atoms with Gasteiger partial charge in [0.25, 0.3) is 0 Å². The van der Waals surface area contributed by atoms with Gasteiger partial charge in [-0.25, -0.2) is 0 Å². The van der Waals surface area contributed by atoms with Gasteiger partial charge in [-0.15, -0.1) is 5.10 Å². The molecule has 0 spiro atoms. The summed E-state index contributed by atoms with van der Waals surface area (Å²) in [5.41, 5.74) is 2.11. The second-order valence-electron chi connectivity index (χ2n) is 9.71. The van der Waals surface area contributed by atoms with E-state index >= 15 is 0 Å². The van der Waals surface area contributed by atoms with Gasteiger partial charge in [0.2, 0.25) is 5.72 Å². The Kier molecular flexibility index (Phi) is 7.01. The summed E-state index contributed by atoms with van der Waals surface area (Å²) in [5.74, 6) is 0.667. The van der Waals surface area contributed by atoms with Crippen LogP contribution < -0.4 is 4.74 Å². The highest BCUT2D eigenvalue weighted by Gasteiger charge is 2.45. The average molecular weight is 534 g/mol. The van der Waals surface area contributed by atoms with E-state index in [-0.39, 0.29) is 0 Å². The Labute approximate surface area is 232 Å². The minimum atomic E-state index is -1.30. The van der Waals surface area contributed by atoms with Crippen LogP contribution in [0.25, 0.3) is 21.8 Å². The molecule has 39 heavy (non-hydrogen) atoms. The zero-order chi connectivity index (χ0) is 26.7. The minimum Gasteiger partial charge on any atom is -0.462 e. The highest BCUT2D eigenvalue weighted by molar-refractivity contribution is 6.30. The first-order valence-electron chi connectivity index (χ1n) is 13.1. The van der Waals surface area contributed by atoms with E-state index in [0.717, 1.165) is 34.6 Å². The van der Waals surface area contributed by atoms with Crippen molar-refractivity contribution in [2.75, 3.05) is 0 Å². The van der Waals surface area contributed by atoms with E-state index in [0.29, 0.717) is 22.8 Å². The number of aliphatic hydroxyl groups is 1. The molecule has 194 valence electrons. The molecule has 0 saturated heterocycles. The zero-order valence-corrected chi connectivity index (χ0v) is 22.1. The van der Waals surface area contributed by atoms with Crippen LogP contribution >= 0.6 is 11.6 Å². The molecule has 5 nitrogen and oxygen atoms in total. The third kappa shape index (κ3) is 4.99. The quantitative estimate of drug-likeness (QED) is 0.206. The molecule has 1 heterocycles. The van der Waals surface area contributed by atoms with Crippen molar-refractivity contribution in [3.63, 3.8) is 0 Å². The van der Waals surface area contributed by atoms with Crippen molar-refractivity contribution in [1.29, 1.82) is 0 Å². The smallest absolute Gasteiger partial charge is 0.233 e. The minimum absolute atomic E-state index is 0.474. The first-order chi connectivity index (χ1) is 19.1. The molecule has 6 aromatic rings. The summed E-state index contributed by atoms with van der Waals surface area (Å²) in [5, 5.41) is 23.9. The highest BCUT2D eigenvalue weighted by atomic mass is 35.5. The molecule has 1 aromatic heterocycles. The fraction of sp³-hybridized carbons (Fsp3) is 0.152. The van der Waals surface area contributed by atoms with Crippen molar-refractivity contribution < 1.29 is 9.84 Å². The first-order valence-corrected chi connectivity index (χ1v) is 13.5. The number of hydrogen-bond acceptors (Lipinski definition) is 4. The number of nitrogens with zero attached hydrogens (tertiary/aromatic N) is 3. The molecular weight excluding hydrogens is 506 g/mol. The molecule has 0 fully saturated rings. The fourth-order valence-corrected chi connectivity index (χ4v) is 5.35. The van der Waals surface area contributed by atoms with Crippen molar-refractivity contribution in [2.24, 2.45) is 0 Å². The van der Waals surface area contributed by atoms with Crippen molar-refractivity contribution in [2.45, 2.75) is 31.1 Å². The number of rotatable bonds is 9. The number of hydrogen-bond donors (Lipinski definition) is 1. The lowest BCUT2D eigenvalue weighted by molar-refractivity contribution is -0.128. The van der Waals surface area contributed by atoms with Crippen molar-refractivity contribution in [3.8, 4) is 5.75 Å². The van der Waals surface area contributed by atoms with Crippen LogP contribution in [0.5, 0.6) is 5.75 Å². The van der Waals surface area contributed by atoms with E-state index in [1.807, 2.05) is 84.9 Å². The topological polar surface area (TPSA) is 60.2 Å². The van der Waals surface area contributed by atoms with E-state index in [1.54, 1.807) is 16.8 Å². The summed E-state index contributed by atoms with van der Waals surface area (Å²) < 4.78 is 8.79. The van der Waals surface area contributed by atoms with Crippen LogP contribution in [0.15, 0.2) is 121 Å². The van der Waals surface area contributed by atoms with Gasteiger partial charge in [-0.05, 0) is 59.7 Å². The van der Waals surface area contributed by atoms with Crippen molar-refractivity contribution >= 4 is 33.4 Å². The fourth-order valence-electron chi connectivity index (χ4n) is 5.23. The molecular formula is C33H28ClN3O2. The van der Waals surface area contributed by atoms with Gasteiger partial charge in [-0.1, -0.05) is 108 Å². The molecule has 0 aliphatic carbocycles. The van der Waals surface area contributed by atoms with Crippen LogP contribution in [0.4, 0.5) is 0 Å². The predicted octanol–water partition coefficient (Wildman–Crippen LogP) is 7.73. The van der Waals surface area contributed by atoms with E-state index in [1.165, 1.54) is 5.56 Å². The normalized spacial score (nSPS) is 13.8. The Bertz CT molecular complexity index is 1700. The van der Waals surface area contributed by atoms with Gasteiger partial charge >= 0.3 is 0 Å². The second-order valence-corrected chi connectivity index (χ2v) is 10.1. The zero-order valence-electron chi connectivity index (χ0n) is 21.3. The lowest BCUT2D eigenvalue weighted by atomic mass is 9.92. The summed E-state index contributed by atoms with van der Waals surface area (Å²) in [6.07, 6.45) is 0.965. The number of ether oxygens (including phenoxy) is 1. The molecule has 0 saturated carbocycles. The van der Waals surface area contributed by atoms with Gasteiger partial charge in [-0.2, -0.15) is 4.68 Å². The number of benzene rings is 5. The van der Waals surface area contributed by atoms with Crippen LogP contribution in [0.2, 0.25) is 5.02 Å². The summed E-state index contributed by atoms with van der Waals surface area (Å²) in [4.78, 5) is 0. The second kappa shape index (κ2) is 10.9. The molecule has 0 amide bonds. The maximum absolute atomic E-state index is 12.2. The number of halogens is 1. The predicted molar refractivity (Wildman–Crippen MR) is 156 cm³/mol. The highest BCUT2D eigenvalue weighted by Crippen LogP contribution is 2.42. The third-order valence-electron chi connectivity index (χ3n) is 7.20. The molecule has 0 bridgehead atoms. The van der Waals surface area contributed by atoms with E-state index in [9.17, 15) is 5.11 Å². The molecule has 6 heteroatoms. The summed E-state index contributed by atoms with van der Waals surface area (Å²) in [6.45, 7) is 0. The number of para-hydroxylation sites is 1. The van der Waals surface area contributed by atoms with Gasteiger partial charge in [0.1, 0.15) is 17.4 Å². The Morgan fingerprint density at radius 1 is 0.795 bits per heavy atom. The number of fused-ring (bicyclic) bond motifs is 2. The average Bonchev–Trinajstić information content (AvgIpc) is 3.42. The van der Waals surface area contributed by atoms with Crippen LogP contribution in [-0.4, -0.2) is 20.1 Å². The summed E-state index contributed by atoms with van der Waals surface area (Å²) in [6, 6.07) is 39.4. The van der Waals surface area contributed by atoms with Gasteiger partial charge in [0, 0.05) is 16.8 Å². The molecule has 2 unspecified atom stereocenters. The Morgan fingerprint density at radius 2 is 1.51 bits per heavy atom. The van der Waals surface area contributed by atoms with Crippen LogP contribution in [0.1, 0.15) is 30.1 Å². The van der Waals surface area contributed by atoms with Gasteiger partial charge in [-0.3, -0.25) is 0 Å². The van der Waals surface area contributed by atoms with E-state index in [2.05, 4.69) is 34.6 Å².